The average molecular weight is 204 g/mol. The summed E-state index contributed by atoms with van der Waals surface area (Å²) < 4.78 is 5.25. The lowest BCUT2D eigenvalue weighted by molar-refractivity contribution is -0.137. The van der Waals surface area contributed by atoms with Gasteiger partial charge in [0.1, 0.15) is 5.00 Å². The van der Waals surface area contributed by atoms with Crippen LogP contribution in [0.4, 0.5) is 5.00 Å². The zero-order valence-electron chi connectivity index (χ0n) is 6.44. The first-order valence-electron chi connectivity index (χ1n) is 3.13. The van der Waals surface area contributed by atoms with Crippen molar-refractivity contribution in [2.45, 2.75) is 4.34 Å². The maximum atomic E-state index is 10.7. The Morgan fingerprint density at radius 2 is 2.67 bits per heavy atom. The molecule has 0 bridgehead atoms. The summed E-state index contributed by atoms with van der Waals surface area (Å²) in [7, 11) is 1.36. The molecule has 0 saturated carbocycles. The van der Waals surface area contributed by atoms with Crippen molar-refractivity contribution in [2.24, 2.45) is 0 Å². The van der Waals surface area contributed by atoms with Crippen LogP contribution in [-0.2, 0) is 9.53 Å². The second kappa shape index (κ2) is 4.32. The minimum atomic E-state index is -0.256. The molecule has 0 radical (unpaired) electrons. The quantitative estimate of drug-likeness (QED) is 0.587. The number of hydrogen-bond acceptors (Lipinski definition) is 6. The molecule has 0 spiro atoms. The lowest BCUT2D eigenvalue weighted by Gasteiger charge is -1.94. The van der Waals surface area contributed by atoms with Crippen molar-refractivity contribution in [3.63, 3.8) is 0 Å². The van der Waals surface area contributed by atoms with E-state index in [0.29, 0.717) is 5.00 Å². The van der Waals surface area contributed by atoms with Gasteiger partial charge in [-0.05, 0) is 0 Å². The molecule has 1 aromatic heterocycles. The Morgan fingerprint density at radius 1 is 1.92 bits per heavy atom. The van der Waals surface area contributed by atoms with Crippen LogP contribution < -0.4 is 5.73 Å². The number of ether oxygens (including phenoxy) is 1. The number of rotatable bonds is 3. The van der Waals surface area contributed by atoms with Gasteiger partial charge >= 0.3 is 5.97 Å². The predicted molar refractivity (Wildman–Crippen MR) is 49.3 cm³/mol. The van der Waals surface area contributed by atoms with Crippen molar-refractivity contribution in [2.75, 3.05) is 18.6 Å². The lowest BCUT2D eigenvalue weighted by atomic mass is 10.8. The largest absolute Gasteiger partial charge is 0.468 e. The van der Waals surface area contributed by atoms with Gasteiger partial charge in [0.05, 0.1) is 19.1 Å². The summed E-state index contributed by atoms with van der Waals surface area (Å²) in [6.07, 6.45) is 1.57. The van der Waals surface area contributed by atoms with Crippen molar-refractivity contribution >= 4 is 34.1 Å². The molecule has 4 nitrogen and oxygen atoms in total. The van der Waals surface area contributed by atoms with Crippen LogP contribution >= 0.6 is 23.1 Å². The van der Waals surface area contributed by atoms with E-state index in [1.807, 2.05) is 0 Å². The molecule has 0 unspecified atom stereocenters. The Kier molecular flexibility index (Phi) is 3.36. The number of carbonyl (C=O) groups excluding carboxylic acids is 1. The molecule has 12 heavy (non-hydrogen) atoms. The van der Waals surface area contributed by atoms with Crippen molar-refractivity contribution in [1.29, 1.82) is 0 Å². The summed E-state index contributed by atoms with van der Waals surface area (Å²) in [5.74, 6) is 0.0254. The summed E-state index contributed by atoms with van der Waals surface area (Å²) in [5, 5.41) is 0.655. The van der Waals surface area contributed by atoms with Crippen LogP contribution in [0.25, 0.3) is 0 Å². The van der Waals surface area contributed by atoms with E-state index >= 15 is 0 Å². The number of thioether (sulfide) groups is 1. The molecule has 6 heteroatoms. The fourth-order valence-electron chi connectivity index (χ4n) is 0.516. The first kappa shape index (κ1) is 9.34. The Morgan fingerprint density at radius 3 is 3.17 bits per heavy atom. The van der Waals surface area contributed by atoms with Gasteiger partial charge in [0.15, 0.2) is 4.34 Å². The number of anilines is 1. The molecule has 0 aromatic carbocycles. The normalized spacial score (nSPS) is 9.75. The standard InChI is InChI=1S/C6H8N2O2S2/c1-10-5(9)3-11-6-8-2-4(7)12-6/h2H,3,7H2,1H3. The van der Waals surface area contributed by atoms with E-state index in [1.54, 1.807) is 6.20 Å². The van der Waals surface area contributed by atoms with Crippen molar-refractivity contribution < 1.29 is 9.53 Å². The van der Waals surface area contributed by atoms with Crippen LogP contribution in [0.2, 0.25) is 0 Å². The SMILES string of the molecule is COC(=O)CSc1ncc(N)s1. The third kappa shape index (κ3) is 2.71. The van der Waals surface area contributed by atoms with Crippen molar-refractivity contribution in [3.05, 3.63) is 6.20 Å². The van der Waals surface area contributed by atoms with E-state index in [-0.39, 0.29) is 11.7 Å². The minimum Gasteiger partial charge on any atom is -0.468 e. The van der Waals surface area contributed by atoms with Gasteiger partial charge in [-0.1, -0.05) is 23.1 Å². The van der Waals surface area contributed by atoms with Crippen LogP contribution in [0.1, 0.15) is 0 Å². The summed E-state index contributed by atoms with van der Waals surface area (Å²) in [6.45, 7) is 0. The Labute approximate surface area is 78.1 Å². The highest BCUT2D eigenvalue weighted by Crippen LogP contribution is 2.25. The molecule has 1 rings (SSSR count). The van der Waals surface area contributed by atoms with Crippen LogP contribution in [0.3, 0.4) is 0 Å². The zero-order valence-corrected chi connectivity index (χ0v) is 8.08. The van der Waals surface area contributed by atoms with E-state index in [1.165, 1.54) is 30.2 Å². The topological polar surface area (TPSA) is 65.2 Å². The van der Waals surface area contributed by atoms with Gasteiger partial charge in [0.2, 0.25) is 0 Å². The van der Waals surface area contributed by atoms with Crippen LogP contribution in [0.5, 0.6) is 0 Å². The molecule has 2 N–H and O–H groups in total. The summed E-state index contributed by atoms with van der Waals surface area (Å²) in [5.41, 5.74) is 5.44. The van der Waals surface area contributed by atoms with Crippen molar-refractivity contribution in [3.8, 4) is 0 Å². The molecule has 66 valence electrons. The first-order chi connectivity index (χ1) is 5.72. The maximum absolute atomic E-state index is 10.7. The number of nitrogen functional groups attached to an aromatic ring is 1. The molecule has 1 heterocycles. The summed E-state index contributed by atoms with van der Waals surface area (Å²) >= 11 is 2.69. The number of aromatic nitrogens is 1. The molecule has 0 fully saturated rings. The average Bonchev–Trinajstić information content (AvgIpc) is 2.47. The van der Waals surface area contributed by atoms with Gasteiger partial charge in [-0.25, -0.2) is 4.98 Å². The summed E-state index contributed by atoms with van der Waals surface area (Å²) in [6, 6.07) is 0. The number of methoxy groups -OCH3 is 1. The number of esters is 1. The highest BCUT2D eigenvalue weighted by atomic mass is 32.2. The molecule has 1 aromatic rings. The van der Waals surface area contributed by atoms with Gasteiger partial charge in [0.25, 0.3) is 0 Å². The Hall–Kier alpha value is -0.750. The van der Waals surface area contributed by atoms with Crippen LogP contribution in [0.15, 0.2) is 10.5 Å². The number of hydrogen-bond donors (Lipinski definition) is 1. The van der Waals surface area contributed by atoms with E-state index in [9.17, 15) is 4.79 Å². The number of thiazole rings is 1. The lowest BCUT2D eigenvalue weighted by Crippen LogP contribution is -2.02. The monoisotopic (exact) mass is 204 g/mol. The van der Waals surface area contributed by atoms with E-state index < -0.39 is 0 Å². The van der Waals surface area contributed by atoms with Crippen LogP contribution in [0, 0.1) is 0 Å². The molecular weight excluding hydrogens is 196 g/mol. The second-order valence-corrected chi connectivity index (χ2v) is 4.18. The van der Waals surface area contributed by atoms with E-state index in [4.69, 9.17) is 5.73 Å². The second-order valence-electron chi connectivity index (χ2n) is 1.89. The Bertz CT molecular complexity index is 274. The number of nitrogens with zero attached hydrogens (tertiary/aromatic N) is 1. The molecule has 0 atom stereocenters. The van der Waals surface area contributed by atoms with Crippen molar-refractivity contribution in [1.82, 2.24) is 4.98 Å². The molecule has 0 amide bonds. The van der Waals surface area contributed by atoms with E-state index in [0.717, 1.165) is 4.34 Å². The molecule has 0 aliphatic carbocycles. The fraction of sp³-hybridized carbons (Fsp3) is 0.333. The minimum absolute atomic E-state index is 0.256. The first-order valence-corrected chi connectivity index (χ1v) is 4.93. The third-order valence-electron chi connectivity index (χ3n) is 1.04. The molecular formula is C6H8N2O2S2. The van der Waals surface area contributed by atoms with Gasteiger partial charge in [0, 0.05) is 0 Å². The molecule has 0 saturated heterocycles. The van der Waals surface area contributed by atoms with E-state index in [2.05, 4.69) is 9.72 Å². The number of nitrogens with two attached hydrogens (primary N) is 1. The molecule has 0 aliphatic heterocycles. The number of carbonyl (C=O) groups is 1. The van der Waals surface area contributed by atoms with Gasteiger partial charge in [-0.2, -0.15) is 0 Å². The highest BCUT2D eigenvalue weighted by Gasteiger charge is 2.04. The Balaban J connectivity index is 2.38. The van der Waals surface area contributed by atoms with Gasteiger partial charge < -0.3 is 10.5 Å². The summed E-state index contributed by atoms with van der Waals surface area (Å²) in [4.78, 5) is 14.7. The smallest absolute Gasteiger partial charge is 0.316 e. The fourth-order valence-corrected chi connectivity index (χ4v) is 2.12. The predicted octanol–water partition coefficient (Wildman–Crippen LogP) is 0.990. The molecule has 0 aliphatic rings. The zero-order chi connectivity index (χ0) is 8.97. The third-order valence-corrected chi connectivity index (χ3v) is 3.00. The van der Waals surface area contributed by atoms with Gasteiger partial charge in [-0.3, -0.25) is 4.79 Å². The maximum Gasteiger partial charge on any atom is 0.316 e. The van der Waals surface area contributed by atoms with Crippen LogP contribution in [-0.4, -0.2) is 23.8 Å². The highest BCUT2D eigenvalue weighted by molar-refractivity contribution is 8.01. The van der Waals surface area contributed by atoms with Gasteiger partial charge in [-0.15, -0.1) is 0 Å².